The van der Waals surface area contributed by atoms with Crippen LogP contribution in [0.25, 0.3) is 16.4 Å². The van der Waals surface area contributed by atoms with Crippen molar-refractivity contribution in [2.45, 2.75) is 19.8 Å². The van der Waals surface area contributed by atoms with Gasteiger partial charge >= 0.3 is 0 Å². The molecule has 0 N–H and O–H groups in total. The molecule has 0 aliphatic carbocycles. The molecule has 0 fully saturated rings. The standard InChI is InChI=1S/C12H10N4OS/c1-7(2)11-15-16-8(6-13)10(14-12(16)18-11)9-4-3-5-17-9/h3-5,7H,1-2H3. The van der Waals surface area contributed by atoms with E-state index in [4.69, 9.17) is 4.42 Å². The lowest BCUT2D eigenvalue weighted by Gasteiger charge is -1.95. The Morgan fingerprint density at radius 1 is 1.50 bits per heavy atom. The maximum Gasteiger partial charge on any atom is 0.214 e. The molecule has 0 spiro atoms. The minimum absolute atomic E-state index is 0.329. The molecule has 18 heavy (non-hydrogen) atoms. The molecule has 0 aromatic carbocycles. The maximum atomic E-state index is 9.26. The zero-order valence-electron chi connectivity index (χ0n) is 9.91. The van der Waals surface area contributed by atoms with E-state index in [1.165, 1.54) is 11.3 Å². The fourth-order valence-electron chi connectivity index (χ4n) is 1.68. The van der Waals surface area contributed by atoms with E-state index >= 15 is 0 Å². The third-order valence-electron chi connectivity index (χ3n) is 2.57. The molecule has 0 saturated carbocycles. The number of furan rings is 1. The molecule has 90 valence electrons. The summed E-state index contributed by atoms with van der Waals surface area (Å²) in [6.07, 6.45) is 1.57. The highest BCUT2D eigenvalue weighted by Crippen LogP contribution is 2.28. The summed E-state index contributed by atoms with van der Waals surface area (Å²) in [7, 11) is 0. The minimum Gasteiger partial charge on any atom is -0.463 e. The Bertz CT molecular complexity index is 730. The Morgan fingerprint density at radius 3 is 2.94 bits per heavy atom. The molecule has 6 heteroatoms. The van der Waals surface area contributed by atoms with Crippen molar-refractivity contribution in [2.24, 2.45) is 0 Å². The fraction of sp³-hybridized carbons (Fsp3) is 0.250. The molecule has 3 aromatic heterocycles. The Hall–Kier alpha value is -2.13. The second kappa shape index (κ2) is 3.96. The normalized spacial score (nSPS) is 11.2. The van der Waals surface area contributed by atoms with Crippen molar-refractivity contribution in [3.63, 3.8) is 0 Å². The molecule has 0 atom stereocenters. The van der Waals surface area contributed by atoms with E-state index < -0.39 is 0 Å². The summed E-state index contributed by atoms with van der Waals surface area (Å²) in [5.41, 5.74) is 0.972. The van der Waals surface area contributed by atoms with Gasteiger partial charge in [-0.3, -0.25) is 0 Å². The molecule has 3 rings (SSSR count). The van der Waals surface area contributed by atoms with E-state index in [0.717, 1.165) is 9.97 Å². The van der Waals surface area contributed by atoms with Gasteiger partial charge < -0.3 is 4.42 Å². The van der Waals surface area contributed by atoms with Gasteiger partial charge in [0.25, 0.3) is 0 Å². The first-order chi connectivity index (χ1) is 8.70. The van der Waals surface area contributed by atoms with E-state index in [1.807, 2.05) is 0 Å². The number of imidazole rings is 1. The quantitative estimate of drug-likeness (QED) is 0.708. The minimum atomic E-state index is 0.329. The molecule has 0 aliphatic rings. The highest BCUT2D eigenvalue weighted by Gasteiger charge is 2.20. The van der Waals surface area contributed by atoms with Crippen molar-refractivity contribution < 1.29 is 4.42 Å². The van der Waals surface area contributed by atoms with Crippen molar-refractivity contribution in [3.05, 3.63) is 29.1 Å². The number of nitriles is 1. The van der Waals surface area contributed by atoms with E-state index in [2.05, 4.69) is 30.0 Å². The first-order valence-electron chi connectivity index (χ1n) is 5.54. The van der Waals surface area contributed by atoms with E-state index in [0.29, 0.717) is 23.1 Å². The van der Waals surface area contributed by atoms with Crippen LogP contribution < -0.4 is 0 Å². The van der Waals surface area contributed by atoms with Gasteiger partial charge in [-0.2, -0.15) is 14.9 Å². The largest absolute Gasteiger partial charge is 0.463 e. The predicted octanol–water partition coefficient (Wildman–Crippen LogP) is 3.05. The predicted molar refractivity (Wildman–Crippen MR) is 67.4 cm³/mol. The van der Waals surface area contributed by atoms with Crippen LogP contribution in [0, 0.1) is 11.3 Å². The first kappa shape index (κ1) is 11.0. The van der Waals surface area contributed by atoms with Gasteiger partial charge in [-0.25, -0.2) is 4.98 Å². The number of rotatable bonds is 2. The van der Waals surface area contributed by atoms with Crippen molar-refractivity contribution in [2.75, 3.05) is 0 Å². The second-order valence-corrected chi connectivity index (χ2v) is 5.18. The van der Waals surface area contributed by atoms with E-state index in [1.54, 1.807) is 22.9 Å². The zero-order valence-corrected chi connectivity index (χ0v) is 10.7. The number of aromatic nitrogens is 3. The maximum absolute atomic E-state index is 9.26. The van der Waals surface area contributed by atoms with E-state index in [9.17, 15) is 5.26 Å². The van der Waals surface area contributed by atoms with Crippen LogP contribution in [0.15, 0.2) is 22.8 Å². The number of nitrogens with zero attached hydrogens (tertiary/aromatic N) is 4. The van der Waals surface area contributed by atoms with E-state index in [-0.39, 0.29) is 0 Å². The summed E-state index contributed by atoms with van der Waals surface area (Å²) in [4.78, 5) is 5.16. The summed E-state index contributed by atoms with van der Waals surface area (Å²) in [6.45, 7) is 4.13. The monoisotopic (exact) mass is 258 g/mol. The lowest BCUT2D eigenvalue weighted by molar-refractivity contribution is 0.580. The summed E-state index contributed by atoms with van der Waals surface area (Å²) < 4.78 is 6.88. The van der Waals surface area contributed by atoms with Crippen molar-refractivity contribution in [1.29, 1.82) is 5.26 Å². The van der Waals surface area contributed by atoms with Crippen LogP contribution in [0.4, 0.5) is 0 Å². The summed E-state index contributed by atoms with van der Waals surface area (Å²) in [5, 5.41) is 14.7. The first-order valence-corrected chi connectivity index (χ1v) is 6.35. The van der Waals surface area contributed by atoms with Gasteiger partial charge in [0, 0.05) is 5.92 Å². The lowest BCUT2D eigenvalue weighted by atomic mass is 10.2. The Balaban J connectivity index is 2.24. The molecule has 0 radical (unpaired) electrons. The second-order valence-electron chi connectivity index (χ2n) is 4.19. The van der Waals surface area contributed by atoms with Crippen LogP contribution in [0.2, 0.25) is 0 Å². The summed E-state index contributed by atoms with van der Waals surface area (Å²) >= 11 is 1.50. The molecule has 0 bridgehead atoms. The molecule has 3 aromatic rings. The van der Waals surface area contributed by atoms with Gasteiger partial charge in [-0.15, -0.1) is 0 Å². The smallest absolute Gasteiger partial charge is 0.214 e. The number of hydrogen-bond donors (Lipinski definition) is 0. The van der Waals surface area contributed by atoms with Crippen LogP contribution in [-0.2, 0) is 0 Å². The zero-order chi connectivity index (χ0) is 12.7. The molecular weight excluding hydrogens is 248 g/mol. The molecular formula is C12H10N4OS. The molecule has 0 unspecified atom stereocenters. The molecule has 0 amide bonds. The molecule has 3 heterocycles. The highest BCUT2D eigenvalue weighted by molar-refractivity contribution is 7.16. The number of fused-ring (bicyclic) bond motifs is 1. The van der Waals surface area contributed by atoms with Gasteiger partial charge in [0.2, 0.25) is 4.96 Å². The Kier molecular flexibility index (Phi) is 2.42. The van der Waals surface area contributed by atoms with Crippen LogP contribution in [0.3, 0.4) is 0 Å². The molecule has 0 aliphatic heterocycles. The van der Waals surface area contributed by atoms with Crippen LogP contribution in [-0.4, -0.2) is 14.6 Å². The summed E-state index contributed by atoms with van der Waals surface area (Å²) in [5.74, 6) is 0.922. The molecule has 0 saturated heterocycles. The van der Waals surface area contributed by atoms with Crippen molar-refractivity contribution in [3.8, 4) is 17.5 Å². The Morgan fingerprint density at radius 2 is 2.33 bits per heavy atom. The van der Waals surface area contributed by atoms with Crippen LogP contribution in [0.5, 0.6) is 0 Å². The third-order valence-corrected chi connectivity index (χ3v) is 3.78. The molecule has 5 nitrogen and oxygen atoms in total. The Labute approximate surface area is 107 Å². The van der Waals surface area contributed by atoms with Crippen LogP contribution in [0.1, 0.15) is 30.5 Å². The topological polar surface area (TPSA) is 67.1 Å². The lowest BCUT2D eigenvalue weighted by Crippen LogP contribution is -1.93. The highest BCUT2D eigenvalue weighted by atomic mass is 32.1. The van der Waals surface area contributed by atoms with Crippen molar-refractivity contribution >= 4 is 16.3 Å². The van der Waals surface area contributed by atoms with Gasteiger partial charge in [-0.05, 0) is 12.1 Å². The van der Waals surface area contributed by atoms with Gasteiger partial charge in [0.1, 0.15) is 16.8 Å². The van der Waals surface area contributed by atoms with Crippen LogP contribution >= 0.6 is 11.3 Å². The average Bonchev–Trinajstić information content (AvgIpc) is 3.03. The summed E-state index contributed by atoms with van der Waals surface area (Å²) in [6, 6.07) is 5.71. The van der Waals surface area contributed by atoms with Gasteiger partial charge in [0.15, 0.2) is 11.5 Å². The van der Waals surface area contributed by atoms with Gasteiger partial charge in [-0.1, -0.05) is 25.2 Å². The third kappa shape index (κ3) is 1.52. The SMILES string of the molecule is CC(C)c1nn2c(C#N)c(-c3ccco3)nc2s1. The van der Waals surface area contributed by atoms with Crippen molar-refractivity contribution in [1.82, 2.24) is 14.6 Å². The fourth-order valence-corrected chi connectivity index (χ4v) is 2.58. The average molecular weight is 258 g/mol. The number of hydrogen-bond acceptors (Lipinski definition) is 5. The van der Waals surface area contributed by atoms with Gasteiger partial charge in [0.05, 0.1) is 6.26 Å².